The zero-order valence-corrected chi connectivity index (χ0v) is 11.2. The Morgan fingerprint density at radius 1 is 1.17 bits per heavy atom. The number of aromatic nitrogens is 1. The van der Waals surface area contributed by atoms with Gasteiger partial charge in [-0.05, 0) is 31.0 Å². The molecule has 3 rings (SSSR count). The van der Waals surface area contributed by atoms with Gasteiger partial charge in [0, 0.05) is 36.4 Å². The van der Waals surface area contributed by atoms with Gasteiger partial charge in [-0.1, -0.05) is 0 Å². The van der Waals surface area contributed by atoms with Gasteiger partial charge in [0.1, 0.15) is 5.75 Å². The first kappa shape index (κ1) is 13.0. The number of hydrogen-bond acceptors (Lipinski definition) is 3. The van der Waals surface area contributed by atoms with Crippen LogP contribution in [0, 0.1) is 0 Å². The zero-order valence-electron chi connectivity index (χ0n) is 10.4. The molecule has 2 heterocycles. The van der Waals surface area contributed by atoms with E-state index in [1.165, 1.54) is 23.9 Å². The molecular weight excluding hydrogens is 248 g/mol. The van der Waals surface area contributed by atoms with Crippen LogP contribution < -0.4 is 9.64 Å². The van der Waals surface area contributed by atoms with Crippen molar-refractivity contribution in [2.75, 3.05) is 25.1 Å². The van der Waals surface area contributed by atoms with Gasteiger partial charge in [-0.15, -0.1) is 12.4 Å². The van der Waals surface area contributed by atoms with E-state index in [-0.39, 0.29) is 12.4 Å². The van der Waals surface area contributed by atoms with Crippen molar-refractivity contribution >= 4 is 29.0 Å². The Bertz CT molecular complexity index is 538. The first-order chi connectivity index (χ1) is 8.38. The summed E-state index contributed by atoms with van der Waals surface area (Å²) in [6.45, 7) is 2.32. The Morgan fingerprint density at radius 2 is 1.94 bits per heavy atom. The van der Waals surface area contributed by atoms with E-state index >= 15 is 0 Å². The van der Waals surface area contributed by atoms with E-state index in [1.54, 1.807) is 7.11 Å². The zero-order chi connectivity index (χ0) is 11.7. The number of anilines is 1. The van der Waals surface area contributed by atoms with Gasteiger partial charge < -0.3 is 9.64 Å². The first-order valence-electron chi connectivity index (χ1n) is 6.06. The van der Waals surface area contributed by atoms with Crippen LogP contribution in [0.2, 0.25) is 0 Å². The van der Waals surface area contributed by atoms with Crippen molar-refractivity contribution in [2.24, 2.45) is 0 Å². The van der Waals surface area contributed by atoms with Gasteiger partial charge in [0.25, 0.3) is 0 Å². The summed E-state index contributed by atoms with van der Waals surface area (Å²) in [4.78, 5) is 6.86. The number of ether oxygens (including phenoxy) is 1. The van der Waals surface area contributed by atoms with Crippen LogP contribution in [0.5, 0.6) is 5.75 Å². The number of fused-ring (bicyclic) bond motifs is 1. The molecule has 0 radical (unpaired) electrons. The summed E-state index contributed by atoms with van der Waals surface area (Å²) in [6, 6.07) is 8.22. The van der Waals surface area contributed by atoms with Crippen LogP contribution in [0.1, 0.15) is 12.8 Å². The van der Waals surface area contributed by atoms with Gasteiger partial charge in [-0.2, -0.15) is 0 Å². The van der Waals surface area contributed by atoms with Gasteiger partial charge in [0.2, 0.25) is 0 Å². The molecule has 1 aliphatic heterocycles. The van der Waals surface area contributed by atoms with E-state index in [2.05, 4.69) is 22.0 Å². The van der Waals surface area contributed by atoms with Gasteiger partial charge in [-0.3, -0.25) is 4.98 Å². The molecule has 1 aliphatic rings. The second-order valence-electron chi connectivity index (χ2n) is 4.41. The highest BCUT2D eigenvalue weighted by Crippen LogP contribution is 2.30. The van der Waals surface area contributed by atoms with Crippen LogP contribution in [-0.2, 0) is 0 Å². The monoisotopic (exact) mass is 264 g/mol. The van der Waals surface area contributed by atoms with E-state index in [9.17, 15) is 0 Å². The molecular formula is C14H17ClN2O. The second-order valence-corrected chi connectivity index (χ2v) is 4.41. The molecule has 0 N–H and O–H groups in total. The highest BCUT2D eigenvalue weighted by Gasteiger charge is 2.15. The van der Waals surface area contributed by atoms with Crippen molar-refractivity contribution in [3.05, 3.63) is 30.5 Å². The maximum atomic E-state index is 5.23. The molecule has 2 aromatic rings. The van der Waals surface area contributed by atoms with Gasteiger partial charge in [0.05, 0.1) is 12.6 Å². The molecule has 1 fully saturated rings. The number of hydrogen-bond donors (Lipinski definition) is 0. The number of benzene rings is 1. The molecule has 1 aromatic carbocycles. The van der Waals surface area contributed by atoms with E-state index < -0.39 is 0 Å². The van der Waals surface area contributed by atoms with Crippen LogP contribution in [0.15, 0.2) is 30.5 Å². The fraction of sp³-hybridized carbons (Fsp3) is 0.357. The first-order valence-corrected chi connectivity index (χ1v) is 6.06. The summed E-state index contributed by atoms with van der Waals surface area (Å²) < 4.78 is 5.23. The number of nitrogens with zero attached hydrogens (tertiary/aromatic N) is 2. The lowest BCUT2D eigenvalue weighted by Crippen LogP contribution is -2.17. The average Bonchev–Trinajstić information content (AvgIpc) is 2.91. The lowest BCUT2D eigenvalue weighted by molar-refractivity contribution is 0.415. The molecule has 96 valence electrons. The molecule has 0 atom stereocenters. The van der Waals surface area contributed by atoms with Crippen molar-refractivity contribution in [2.45, 2.75) is 12.8 Å². The molecule has 1 saturated heterocycles. The summed E-state index contributed by atoms with van der Waals surface area (Å²) in [6.07, 6.45) is 4.47. The second kappa shape index (κ2) is 5.44. The maximum absolute atomic E-state index is 5.23. The van der Waals surface area contributed by atoms with Crippen LogP contribution >= 0.6 is 12.4 Å². The van der Waals surface area contributed by atoms with E-state index in [4.69, 9.17) is 4.74 Å². The van der Waals surface area contributed by atoms with Gasteiger partial charge >= 0.3 is 0 Å². The smallest absolute Gasteiger partial charge is 0.121 e. The normalized spacial score (nSPS) is 14.6. The summed E-state index contributed by atoms with van der Waals surface area (Å²) in [5.74, 6) is 0.864. The van der Waals surface area contributed by atoms with Crippen molar-refractivity contribution in [1.82, 2.24) is 4.98 Å². The van der Waals surface area contributed by atoms with Gasteiger partial charge in [-0.25, -0.2) is 0 Å². The molecule has 4 heteroatoms. The molecule has 0 aliphatic carbocycles. The predicted molar refractivity (Wildman–Crippen MR) is 77.0 cm³/mol. The summed E-state index contributed by atoms with van der Waals surface area (Å²) in [5, 5.41) is 1.22. The standard InChI is InChI=1S/C14H16N2O.ClH/c1-17-11-4-5-12-13(10-11)15-7-6-14(12)16-8-2-3-9-16;/h4-7,10H,2-3,8-9H2,1H3;1H. The Morgan fingerprint density at radius 3 is 2.67 bits per heavy atom. The molecule has 0 unspecified atom stereocenters. The van der Waals surface area contributed by atoms with E-state index in [0.717, 1.165) is 24.4 Å². The minimum absolute atomic E-state index is 0. The Hall–Kier alpha value is -1.48. The summed E-state index contributed by atoms with van der Waals surface area (Å²) in [7, 11) is 1.69. The van der Waals surface area contributed by atoms with Crippen molar-refractivity contribution < 1.29 is 4.74 Å². The maximum Gasteiger partial charge on any atom is 0.121 e. The van der Waals surface area contributed by atoms with Crippen LogP contribution in [0.3, 0.4) is 0 Å². The third kappa shape index (κ3) is 2.23. The highest BCUT2D eigenvalue weighted by molar-refractivity contribution is 5.92. The fourth-order valence-electron chi connectivity index (χ4n) is 2.47. The molecule has 0 saturated carbocycles. The van der Waals surface area contributed by atoms with Crippen LogP contribution in [0.25, 0.3) is 10.9 Å². The molecule has 0 amide bonds. The number of rotatable bonds is 2. The number of pyridine rings is 1. The molecule has 1 aromatic heterocycles. The van der Waals surface area contributed by atoms with Crippen molar-refractivity contribution in [3.63, 3.8) is 0 Å². The molecule has 0 bridgehead atoms. The Balaban J connectivity index is 0.00000120. The summed E-state index contributed by atoms with van der Waals surface area (Å²) in [5.41, 5.74) is 2.31. The number of halogens is 1. The fourth-order valence-corrected chi connectivity index (χ4v) is 2.47. The Kier molecular flexibility index (Phi) is 3.92. The van der Waals surface area contributed by atoms with E-state index in [0.29, 0.717) is 0 Å². The average molecular weight is 265 g/mol. The topological polar surface area (TPSA) is 25.4 Å². The molecule has 18 heavy (non-hydrogen) atoms. The minimum Gasteiger partial charge on any atom is -0.497 e. The lowest BCUT2D eigenvalue weighted by atomic mass is 10.1. The molecule has 3 nitrogen and oxygen atoms in total. The van der Waals surface area contributed by atoms with Crippen LogP contribution in [0.4, 0.5) is 5.69 Å². The Labute approximate surface area is 113 Å². The third-order valence-corrected chi connectivity index (χ3v) is 3.37. The third-order valence-electron chi connectivity index (χ3n) is 3.37. The van der Waals surface area contributed by atoms with Crippen molar-refractivity contribution in [3.8, 4) is 5.75 Å². The largest absolute Gasteiger partial charge is 0.497 e. The quantitative estimate of drug-likeness (QED) is 0.833. The lowest BCUT2D eigenvalue weighted by Gasteiger charge is -2.19. The number of methoxy groups -OCH3 is 1. The highest BCUT2D eigenvalue weighted by atomic mass is 35.5. The summed E-state index contributed by atoms with van der Waals surface area (Å²) >= 11 is 0. The van der Waals surface area contributed by atoms with Gasteiger partial charge in [0.15, 0.2) is 0 Å². The molecule has 0 spiro atoms. The predicted octanol–water partition coefficient (Wildman–Crippen LogP) is 3.27. The minimum atomic E-state index is 0. The van der Waals surface area contributed by atoms with Crippen molar-refractivity contribution in [1.29, 1.82) is 0 Å². The SMILES string of the molecule is COc1ccc2c(N3CCCC3)ccnc2c1.Cl. The van der Waals surface area contributed by atoms with Crippen LogP contribution in [-0.4, -0.2) is 25.2 Å². The van der Waals surface area contributed by atoms with E-state index in [1.807, 2.05) is 18.3 Å².